The van der Waals surface area contributed by atoms with Gasteiger partial charge in [0.05, 0.1) is 5.69 Å². The van der Waals surface area contributed by atoms with E-state index < -0.39 is 0 Å². The van der Waals surface area contributed by atoms with E-state index in [1.165, 1.54) is 12.8 Å². The van der Waals surface area contributed by atoms with Gasteiger partial charge in [-0.1, -0.05) is 23.2 Å². The predicted molar refractivity (Wildman–Crippen MR) is 124 cm³/mol. The van der Waals surface area contributed by atoms with E-state index in [9.17, 15) is 4.79 Å². The zero-order valence-electron chi connectivity index (χ0n) is 16.7. The van der Waals surface area contributed by atoms with E-state index in [2.05, 4.69) is 22.2 Å². The van der Waals surface area contributed by atoms with Gasteiger partial charge < -0.3 is 4.90 Å². The number of aromatic nitrogens is 2. The van der Waals surface area contributed by atoms with Crippen molar-refractivity contribution in [2.75, 3.05) is 11.4 Å². The Bertz CT molecular complexity index is 1020. The number of carbonyl (C=O) groups is 1. The van der Waals surface area contributed by atoms with E-state index in [-0.39, 0.29) is 11.7 Å². The van der Waals surface area contributed by atoms with Gasteiger partial charge in [0.2, 0.25) is 0 Å². The van der Waals surface area contributed by atoms with Gasteiger partial charge in [-0.05, 0) is 74.6 Å². The standard InChI is InChI=1S/C23H23Cl2N3OS/c1-2-28(19-8-9-19)23-27-18(14-30-23)7-10-20(16-11-12-26-21(25)13-16)22(29)15-3-5-17(24)6-4-15/h3-6,11-14,19-20H,2,7-10H2,1H3. The molecule has 4 nitrogen and oxygen atoms in total. The summed E-state index contributed by atoms with van der Waals surface area (Å²) in [5.74, 6) is -0.264. The van der Waals surface area contributed by atoms with Gasteiger partial charge in [-0.2, -0.15) is 0 Å². The Hall–Kier alpha value is -1.95. The van der Waals surface area contributed by atoms with Crippen LogP contribution < -0.4 is 4.90 Å². The maximum Gasteiger partial charge on any atom is 0.185 e. The zero-order valence-corrected chi connectivity index (χ0v) is 19.1. The average molecular weight is 460 g/mol. The largest absolute Gasteiger partial charge is 0.345 e. The van der Waals surface area contributed by atoms with Crippen LogP contribution in [0.5, 0.6) is 0 Å². The Kier molecular flexibility index (Phi) is 6.71. The Morgan fingerprint density at radius 1 is 1.23 bits per heavy atom. The van der Waals surface area contributed by atoms with Crippen molar-refractivity contribution in [2.24, 2.45) is 0 Å². The molecule has 156 valence electrons. The Morgan fingerprint density at radius 3 is 2.67 bits per heavy atom. The molecule has 0 bridgehead atoms. The van der Waals surface area contributed by atoms with Gasteiger partial charge in [-0.25, -0.2) is 9.97 Å². The maximum atomic E-state index is 13.3. The summed E-state index contributed by atoms with van der Waals surface area (Å²) in [6, 6.07) is 11.3. The third-order valence-electron chi connectivity index (χ3n) is 5.40. The van der Waals surface area contributed by atoms with Crippen LogP contribution in [0.3, 0.4) is 0 Å². The van der Waals surface area contributed by atoms with E-state index in [0.29, 0.717) is 28.2 Å². The Morgan fingerprint density at radius 2 is 2.00 bits per heavy atom. The van der Waals surface area contributed by atoms with Crippen molar-refractivity contribution < 1.29 is 4.79 Å². The number of carbonyl (C=O) groups excluding carboxylic acids is 1. The molecule has 1 aliphatic rings. The molecule has 30 heavy (non-hydrogen) atoms. The van der Waals surface area contributed by atoms with Gasteiger partial charge in [0.25, 0.3) is 0 Å². The summed E-state index contributed by atoms with van der Waals surface area (Å²) in [5.41, 5.74) is 2.55. The van der Waals surface area contributed by atoms with Crippen LogP contribution in [-0.2, 0) is 6.42 Å². The highest BCUT2D eigenvalue weighted by Crippen LogP contribution is 2.34. The molecule has 1 saturated carbocycles. The molecule has 0 aliphatic heterocycles. The fourth-order valence-corrected chi connectivity index (χ4v) is 4.97. The Labute approximate surface area is 190 Å². The average Bonchev–Trinajstić information content (AvgIpc) is 3.47. The van der Waals surface area contributed by atoms with E-state index >= 15 is 0 Å². The topological polar surface area (TPSA) is 46.1 Å². The number of Topliss-reactive ketones (excluding diaryl/α,β-unsaturated/α-hetero) is 1. The highest BCUT2D eigenvalue weighted by atomic mass is 35.5. The molecule has 0 radical (unpaired) electrons. The minimum Gasteiger partial charge on any atom is -0.345 e. The molecule has 0 amide bonds. The summed E-state index contributed by atoms with van der Waals surface area (Å²) in [4.78, 5) is 24.6. The SMILES string of the molecule is CCN(c1nc(CCC(C(=O)c2ccc(Cl)cc2)c2ccnc(Cl)c2)cs1)C1CC1. The number of benzene rings is 1. The molecule has 1 atom stereocenters. The van der Waals surface area contributed by atoms with Crippen molar-refractivity contribution in [1.82, 2.24) is 9.97 Å². The molecule has 0 spiro atoms. The number of nitrogens with zero attached hydrogens (tertiary/aromatic N) is 3. The molecule has 1 aliphatic carbocycles. The lowest BCUT2D eigenvalue weighted by atomic mass is 9.87. The van der Waals surface area contributed by atoms with E-state index in [1.807, 2.05) is 6.07 Å². The molecule has 0 N–H and O–H groups in total. The molecule has 3 aromatic rings. The predicted octanol–water partition coefficient (Wildman–Crippen LogP) is 6.43. The zero-order chi connectivity index (χ0) is 21.1. The first-order chi connectivity index (χ1) is 14.5. The number of anilines is 1. The summed E-state index contributed by atoms with van der Waals surface area (Å²) in [6.07, 6.45) is 5.53. The molecular formula is C23H23Cl2N3OS. The number of aryl methyl sites for hydroxylation is 1. The molecule has 1 fully saturated rings. The third kappa shape index (κ3) is 5.02. The minimum absolute atomic E-state index is 0.0533. The lowest BCUT2D eigenvalue weighted by Gasteiger charge is -2.18. The molecule has 7 heteroatoms. The van der Waals surface area contributed by atoms with Crippen molar-refractivity contribution in [2.45, 2.75) is 44.6 Å². The smallest absolute Gasteiger partial charge is 0.185 e. The van der Waals surface area contributed by atoms with Crippen molar-refractivity contribution in [3.05, 3.63) is 75.0 Å². The first kappa shape index (κ1) is 21.3. The van der Waals surface area contributed by atoms with Crippen LogP contribution in [0.15, 0.2) is 48.0 Å². The van der Waals surface area contributed by atoms with E-state index in [0.717, 1.165) is 29.4 Å². The van der Waals surface area contributed by atoms with Crippen molar-refractivity contribution in [3.8, 4) is 0 Å². The summed E-state index contributed by atoms with van der Waals surface area (Å²) in [6.45, 7) is 3.15. The summed E-state index contributed by atoms with van der Waals surface area (Å²) >= 11 is 13.8. The second-order valence-corrected chi connectivity index (χ2v) is 9.17. The number of rotatable bonds is 9. The molecule has 1 unspecified atom stereocenters. The molecule has 2 heterocycles. The summed E-state index contributed by atoms with van der Waals surface area (Å²) in [7, 11) is 0. The molecule has 1 aromatic carbocycles. The Balaban J connectivity index is 1.53. The fourth-order valence-electron chi connectivity index (χ4n) is 3.67. The van der Waals surface area contributed by atoms with Crippen LogP contribution in [0, 0.1) is 0 Å². The van der Waals surface area contributed by atoms with Gasteiger partial charge >= 0.3 is 0 Å². The molecule has 4 rings (SSSR count). The number of hydrogen-bond donors (Lipinski definition) is 0. The molecule has 0 saturated heterocycles. The second kappa shape index (κ2) is 9.46. The van der Waals surface area contributed by atoms with Gasteiger partial charge in [0, 0.05) is 40.7 Å². The number of pyridine rings is 1. The highest BCUT2D eigenvalue weighted by Gasteiger charge is 2.30. The van der Waals surface area contributed by atoms with Gasteiger partial charge in [0.15, 0.2) is 10.9 Å². The normalized spacial score (nSPS) is 14.5. The molecule has 2 aromatic heterocycles. The summed E-state index contributed by atoms with van der Waals surface area (Å²) < 4.78 is 0. The van der Waals surface area contributed by atoms with Crippen LogP contribution in [-0.4, -0.2) is 28.3 Å². The number of hydrogen-bond acceptors (Lipinski definition) is 5. The van der Waals surface area contributed by atoms with Crippen molar-refractivity contribution in [1.29, 1.82) is 0 Å². The van der Waals surface area contributed by atoms with Crippen molar-refractivity contribution in [3.63, 3.8) is 0 Å². The minimum atomic E-state index is -0.317. The summed E-state index contributed by atoms with van der Waals surface area (Å²) in [5, 5.41) is 4.20. The quantitative estimate of drug-likeness (QED) is 0.273. The molecular weight excluding hydrogens is 437 g/mol. The van der Waals surface area contributed by atoms with Crippen LogP contribution in [0.4, 0.5) is 5.13 Å². The first-order valence-corrected chi connectivity index (χ1v) is 11.8. The first-order valence-electron chi connectivity index (χ1n) is 10.2. The van der Waals surface area contributed by atoms with Crippen LogP contribution >= 0.6 is 34.5 Å². The van der Waals surface area contributed by atoms with E-state index in [4.69, 9.17) is 28.2 Å². The number of thiazole rings is 1. The second-order valence-electron chi connectivity index (χ2n) is 7.51. The lowest BCUT2D eigenvalue weighted by molar-refractivity contribution is 0.0955. The monoisotopic (exact) mass is 459 g/mol. The number of ketones is 1. The van der Waals surface area contributed by atoms with Gasteiger partial charge in [-0.15, -0.1) is 11.3 Å². The van der Waals surface area contributed by atoms with Crippen LogP contribution in [0.1, 0.15) is 53.7 Å². The van der Waals surface area contributed by atoms with Gasteiger partial charge in [-0.3, -0.25) is 4.79 Å². The van der Waals surface area contributed by atoms with Crippen LogP contribution in [0.2, 0.25) is 10.2 Å². The third-order valence-corrected chi connectivity index (χ3v) is 6.79. The van der Waals surface area contributed by atoms with Crippen molar-refractivity contribution >= 4 is 45.5 Å². The van der Waals surface area contributed by atoms with Gasteiger partial charge in [0.1, 0.15) is 5.15 Å². The highest BCUT2D eigenvalue weighted by molar-refractivity contribution is 7.13. The lowest BCUT2D eigenvalue weighted by Crippen LogP contribution is -2.24. The fraction of sp³-hybridized carbons (Fsp3) is 0.348. The number of halogens is 2. The maximum absolute atomic E-state index is 13.3. The van der Waals surface area contributed by atoms with E-state index in [1.54, 1.807) is 47.9 Å². The van der Waals surface area contributed by atoms with Crippen LogP contribution in [0.25, 0.3) is 0 Å².